The van der Waals surface area contributed by atoms with Gasteiger partial charge in [-0.25, -0.2) is 23.4 Å². The van der Waals surface area contributed by atoms with Gasteiger partial charge in [0, 0.05) is 18.2 Å². The smallest absolute Gasteiger partial charge is 0.264 e. The summed E-state index contributed by atoms with van der Waals surface area (Å²) >= 11 is 0. The molecule has 1 amide bonds. The molecule has 11 heteroatoms. The predicted molar refractivity (Wildman–Crippen MR) is 145 cm³/mol. The Morgan fingerprint density at radius 1 is 1.23 bits per heavy atom. The lowest BCUT2D eigenvalue weighted by Gasteiger charge is -2.24. The highest BCUT2D eigenvalue weighted by molar-refractivity contribution is 5.99. The molecule has 2 aromatic heterocycles. The summed E-state index contributed by atoms with van der Waals surface area (Å²) in [6, 6.07) is 11.6. The number of benzene rings is 2. The van der Waals surface area contributed by atoms with Crippen LogP contribution in [0.5, 0.6) is 11.5 Å². The molecule has 1 aliphatic heterocycles. The average Bonchev–Trinajstić information content (AvgIpc) is 3.55. The number of amides is 1. The SMILES string of the molecule is CC(C)/C=C(/C#N)C(=O)N1CCC[C@@H]1Cn1nc(-c2ccc(Oc3cc(F)ccc3F)cc2)c2c(N)ncnc21. The number of carbonyl (C=O) groups excluding carboxylic acids is 1. The van der Waals surface area contributed by atoms with Crippen molar-refractivity contribution in [2.75, 3.05) is 12.3 Å². The van der Waals surface area contributed by atoms with Gasteiger partial charge in [0.15, 0.2) is 17.2 Å². The van der Waals surface area contributed by atoms with E-state index < -0.39 is 11.6 Å². The highest BCUT2D eigenvalue weighted by Gasteiger charge is 2.32. The van der Waals surface area contributed by atoms with Crippen LogP contribution in [0, 0.1) is 28.9 Å². The predicted octanol–water partition coefficient (Wildman–Crippen LogP) is 5.24. The van der Waals surface area contributed by atoms with Crippen molar-refractivity contribution in [3.63, 3.8) is 0 Å². The molecule has 3 heterocycles. The number of hydrogen-bond donors (Lipinski definition) is 1. The number of ether oxygens (including phenoxy) is 1. The fourth-order valence-electron chi connectivity index (χ4n) is 4.86. The number of likely N-dealkylation sites (tertiary alicyclic amines) is 1. The van der Waals surface area contributed by atoms with Crippen LogP contribution in [-0.4, -0.2) is 43.1 Å². The molecule has 0 saturated carbocycles. The number of fused-ring (bicyclic) bond motifs is 1. The van der Waals surface area contributed by atoms with E-state index in [1.165, 1.54) is 6.33 Å². The van der Waals surface area contributed by atoms with E-state index in [0.29, 0.717) is 41.1 Å². The highest BCUT2D eigenvalue weighted by Crippen LogP contribution is 2.33. The molecule has 9 nitrogen and oxygen atoms in total. The van der Waals surface area contributed by atoms with Crippen LogP contribution in [-0.2, 0) is 11.3 Å². The minimum atomic E-state index is -0.679. The Morgan fingerprint density at radius 2 is 2.00 bits per heavy atom. The fraction of sp³-hybridized carbons (Fsp3) is 0.276. The highest BCUT2D eigenvalue weighted by atomic mass is 19.1. The molecule has 0 aliphatic carbocycles. The number of nitriles is 1. The molecular weight excluding hydrogens is 516 g/mol. The van der Waals surface area contributed by atoms with Gasteiger partial charge in [-0.2, -0.15) is 10.4 Å². The summed E-state index contributed by atoms with van der Waals surface area (Å²) in [6.07, 6.45) is 4.61. The van der Waals surface area contributed by atoms with Gasteiger partial charge >= 0.3 is 0 Å². The van der Waals surface area contributed by atoms with Gasteiger partial charge in [-0.3, -0.25) is 4.79 Å². The van der Waals surface area contributed by atoms with Crippen LogP contribution in [0.15, 0.2) is 60.4 Å². The number of carbonyl (C=O) groups is 1. The minimum absolute atomic E-state index is 0.0709. The van der Waals surface area contributed by atoms with Gasteiger partial charge in [0.25, 0.3) is 5.91 Å². The molecule has 0 spiro atoms. The van der Waals surface area contributed by atoms with Crippen molar-refractivity contribution in [3.05, 3.63) is 72.1 Å². The Bertz CT molecular complexity index is 1640. The molecule has 2 N–H and O–H groups in total. The van der Waals surface area contributed by atoms with Crippen LogP contribution in [0.4, 0.5) is 14.6 Å². The number of hydrogen-bond acceptors (Lipinski definition) is 7. The van der Waals surface area contributed by atoms with Crippen molar-refractivity contribution in [1.82, 2.24) is 24.6 Å². The number of nitrogens with zero attached hydrogens (tertiary/aromatic N) is 6. The first kappa shape index (κ1) is 26.7. The molecule has 2 aromatic carbocycles. The topological polar surface area (TPSA) is 123 Å². The second-order valence-corrected chi connectivity index (χ2v) is 9.92. The Balaban J connectivity index is 1.44. The van der Waals surface area contributed by atoms with Crippen molar-refractivity contribution in [1.29, 1.82) is 5.26 Å². The van der Waals surface area contributed by atoms with E-state index in [4.69, 9.17) is 15.6 Å². The number of nitrogen functional groups attached to an aromatic ring is 1. The Morgan fingerprint density at radius 3 is 2.73 bits per heavy atom. The number of anilines is 1. The second kappa shape index (κ2) is 11.1. The molecule has 0 unspecified atom stereocenters. The van der Waals surface area contributed by atoms with Crippen molar-refractivity contribution in [3.8, 4) is 28.8 Å². The number of nitrogens with two attached hydrogens (primary N) is 1. The first-order valence-electron chi connectivity index (χ1n) is 12.9. The van der Waals surface area contributed by atoms with Crippen LogP contribution in [0.2, 0.25) is 0 Å². The van der Waals surface area contributed by atoms with E-state index in [1.807, 2.05) is 19.9 Å². The molecule has 0 radical (unpaired) electrons. The number of halogens is 2. The third-order valence-electron chi connectivity index (χ3n) is 6.68. The minimum Gasteiger partial charge on any atom is -0.454 e. The lowest BCUT2D eigenvalue weighted by atomic mass is 10.1. The maximum atomic E-state index is 14.0. The molecule has 1 aliphatic rings. The molecule has 1 atom stereocenters. The number of rotatable bonds is 7. The summed E-state index contributed by atoms with van der Waals surface area (Å²) in [6.45, 7) is 4.76. The zero-order valence-corrected chi connectivity index (χ0v) is 22.0. The van der Waals surface area contributed by atoms with Gasteiger partial charge in [0.2, 0.25) is 0 Å². The van der Waals surface area contributed by atoms with Crippen molar-refractivity contribution in [2.45, 2.75) is 39.3 Å². The lowest BCUT2D eigenvalue weighted by molar-refractivity contribution is -0.127. The summed E-state index contributed by atoms with van der Waals surface area (Å²) in [4.78, 5) is 23.5. The summed E-state index contributed by atoms with van der Waals surface area (Å²) in [5.41, 5.74) is 8.11. The van der Waals surface area contributed by atoms with Gasteiger partial charge in [0.05, 0.1) is 18.0 Å². The third-order valence-corrected chi connectivity index (χ3v) is 6.68. The first-order chi connectivity index (χ1) is 19.2. The summed E-state index contributed by atoms with van der Waals surface area (Å²) < 4.78 is 34.8. The van der Waals surface area contributed by atoms with Crippen LogP contribution < -0.4 is 10.5 Å². The summed E-state index contributed by atoms with van der Waals surface area (Å²) in [7, 11) is 0. The molecule has 1 fully saturated rings. The maximum Gasteiger partial charge on any atom is 0.264 e. The van der Waals surface area contributed by atoms with E-state index in [-0.39, 0.29) is 35.0 Å². The monoisotopic (exact) mass is 543 g/mol. The van der Waals surface area contributed by atoms with E-state index in [2.05, 4.69) is 9.97 Å². The van der Waals surface area contributed by atoms with Crippen molar-refractivity contribution < 1.29 is 18.3 Å². The summed E-state index contributed by atoms with van der Waals surface area (Å²) in [5.74, 6) is -1.16. The molecule has 4 aromatic rings. The third kappa shape index (κ3) is 5.33. The molecule has 5 rings (SSSR count). The zero-order valence-electron chi connectivity index (χ0n) is 22.0. The van der Waals surface area contributed by atoms with Gasteiger partial charge in [-0.15, -0.1) is 0 Å². The van der Waals surface area contributed by atoms with E-state index in [1.54, 1.807) is 39.9 Å². The van der Waals surface area contributed by atoms with Crippen LogP contribution in [0.25, 0.3) is 22.3 Å². The van der Waals surface area contributed by atoms with Crippen LogP contribution in [0.3, 0.4) is 0 Å². The van der Waals surface area contributed by atoms with Crippen molar-refractivity contribution >= 4 is 22.8 Å². The Labute approximate surface area is 229 Å². The number of allylic oxidation sites excluding steroid dienone is 1. The van der Waals surface area contributed by atoms with Gasteiger partial charge in [0.1, 0.15) is 41.0 Å². The van der Waals surface area contributed by atoms with Crippen LogP contribution >= 0.6 is 0 Å². The van der Waals surface area contributed by atoms with Gasteiger partial charge in [-0.05, 0) is 55.2 Å². The standard InChI is InChI=1S/C29H27F2N7O2/c1-17(2)12-19(14-32)29(39)37-11-3-4-21(37)15-38-28-25(27(33)34-16-35-28)26(36-38)18-5-8-22(9-6-18)40-24-13-20(30)7-10-23(24)31/h5-10,12-13,16-17,21H,3-4,11,15H2,1-2H3,(H2,33,34,35)/b19-12-/t21-/m1/s1. The van der Waals surface area contributed by atoms with E-state index >= 15 is 0 Å². The maximum absolute atomic E-state index is 14.0. The quantitative estimate of drug-likeness (QED) is 0.250. The average molecular weight is 544 g/mol. The largest absolute Gasteiger partial charge is 0.454 e. The fourth-order valence-corrected chi connectivity index (χ4v) is 4.86. The van der Waals surface area contributed by atoms with E-state index in [0.717, 1.165) is 31.0 Å². The van der Waals surface area contributed by atoms with Gasteiger partial charge < -0.3 is 15.4 Å². The Hall–Kier alpha value is -4.85. The van der Waals surface area contributed by atoms with Crippen molar-refractivity contribution in [2.24, 2.45) is 5.92 Å². The second-order valence-electron chi connectivity index (χ2n) is 9.92. The zero-order chi connectivity index (χ0) is 28.4. The van der Waals surface area contributed by atoms with E-state index in [9.17, 15) is 18.8 Å². The number of aromatic nitrogens is 4. The molecule has 40 heavy (non-hydrogen) atoms. The Kier molecular flexibility index (Phi) is 7.42. The molecule has 1 saturated heterocycles. The first-order valence-corrected chi connectivity index (χ1v) is 12.9. The molecule has 0 bridgehead atoms. The summed E-state index contributed by atoms with van der Waals surface area (Å²) in [5, 5.41) is 14.9. The normalized spacial score (nSPS) is 15.6. The molecular formula is C29H27F2N7O2. The molecule has 204 valence electrons. The van der Waals surface area contributed by atoms with Crippen LogP contribution in [0.1, 0.15) is 26.7 Å². The van der Waals surface area contributed by atoms with Gasteiger partial charge in [-0.1, -0.05) is 19.9 Å². The lowest BCUT2D eigenvalue weighted by Crippen LogP contribution is -2.39.